The van der Waals surface area contributed by atoms with Gasteiger partial charge in [-0.05, 0) is 6.42 Å². The Morgan fingerprint density at radius 2 is 1.76 bits per heavy atom. The van der Waals surface area contributed by atoms with Gasteiger partial charge in [-0.25, -0.2) is 19.0 Å². The molecule has 1 aromatic heterocycles. The number of aromatic amines is 2. The average molecular weight is 243 g/mol. The first-order chi connectivity index (χ1) is 8.04. The maximum atomic E-state index is 11.3. The van der Waals surface area contributed by atoms with Crippen molar-refractivity contribution < 1.29 is 5.11 Å². The van der Waals surface area contributed by atoms with Gasteiger partial charge in [0.25, 0.3) is 0 Å². The number of H-pyrrole nitrogens is 2. The van der Waals surface area contributed by atoms with Crippen LogP contribution in [0.5, 0.6) is 0 Å². The molecule has 0 amide bonds. The summed E-state index contributed by atoms with van der Waals surface area (Å²) < 4.78 is 0.790. The van der Waals surface area contributed by atoms with Crippen LogP contribution < -0.4 is 17.1 Å². The van der Waals surface area contributed by atoms with Crippen LogP contribution in [0, 0.1) is 0 Å². The molecule has 0 fully saturated rings. The molecule has 0 aliphatic heterocycles. The predicted molar refractivity (Wildman–Crippen MR) is 62.1 cm³/mol. The highest BCUT2D eigenvalue weighted by Crippen LogP contribution is 2.03. The van der Waals surface area contributed by atoms with E-state index in [4.69, 9.17) is 0 Å². The largest absolute Gasteiger partial charge is 0.391 e. The van der Waals surface area contributed by atoms with Gasteiger partial charge in [0.2, 0.25) is 0 Å². The summed E-state index contributed by atoms with van der Waals surface area (Å²) in [5.74, 6) is 0. The zero-order chi connectivity index (χ0) is 12.8. The van der Waals surface area contributed by atoms with Gasteiger partial charge < -0.3 is 5.11 Å². The number of rotatable bonds is 6. The fraction of sp³-hybridized carbons (Fsp3) is 0.700. The van der Waals surface area contributed by atoms with Gasteiger partial charge in [0.1, 0.15) is 0 Å². The summed E-state index contributed by atoms with van der Waals surface area (Å²) in [6.45, 7) is 1.94. The van der Waals surface area contributed by atoms with E-state index in [0.717, 1.165) is 23.8 Å². The van der Waals surface area contributed by atoms with E-state index in [0.29, 0.717) is 6.42 Å². The monoisotopic (exact) mass is 243 g/mol. The zero-order valence-electron chi connectivity index (χ0n) is 9.73. The Labute approximate surface area is 97.1 Å². The van der Waals surface area contributed by atoms with Crippen LogP contribution in [-0.4, -0.2) is 25.7 Å². The number of hydrogen-bond acceptors (Lipinski definition) is 4. The Bertz CT molecular complexity index is 479. The van der Waals surface area contributed by atoms with Crippen LogP contribution in [0.15, 0.2) is 14.4 Å². The van der Waals surface area contributed by atoms with Crippen LogP contribution in [0.1, 0.15) is 32.6 Å². The van der Waals surface area contributed by atoms with Gasteiger partial charge in [0.15, 0.2) is 0 Å². The molecule has 7 heteroatoms. The van der Waals surface area contributed by atoms with E-state index < -0.39 is 23.2 Å². The number of hydrogen-bond donors (Lipinski definition) is 3. The first-order valence-corrected chi connectivity index (χ1v) is 5.66. The lowest BCUT2D eigenvalue weighted by Crippen LogP contribution is -2.45. The zero-order valence-corrected chi connectivity index (χ0v) is 9.73. The van der Waals surface area contributed by atoms with E-state index in [2.05, 4.69) is 0 Å². The molecule has 7 nitrogen and oxygen atoms in total. The van der Waals surface area contributed by atoms with Gasteiger partial charge in [-0.3, -0.25) is 9.97 Å². The number of aliphatic hydroxyl groups is 1. The quantitative estimate of drug-likeness (QED) is 0.566. The van der Waals surface area contributed by atoms with Gasteiger partial charge in [-0.15, -0.1) is 0 Å². The van der Waals surface area contributed by atoms with Crippen molar-refractivity contribution in [1.82, 2.24) is 14.5 Å². The second-order valence-corrected chi connectivity index (χ2v) is 3.95. The van der Waals surface area contributed by atoms with Crippen molar-refractivity contribution in [3.8, 4) is 0 Å². The Hall–Kier alpha value is -1.63. The smallest absolute Gasteiger partial charge is 0.333 e. The summed E-state index contributed by atoms with van der Waals surface area (Å²) >= 11 is 0. The molecule has 1 aromatic rings. The Kier molecular flexibility index (Phi) is 4.89. The highest BCUT2D eigenvalue weighted by atomic mass is 16.3. The van der Waals surface area contributed by atoms with Crippen molar-refractivity contribution in [1.29, 1.82) is 0 Å². The van der Waals surface area contributed by atoms with Gasteiger partial charge >= 0.3 is 17.1 Å². The average Bonchev–Trinajstić information content (AvgIpc) is 2.24. The molecular weight excluding hydrogens is 226 g/mol. The molecule has 3 N–H and O–H groups in total. The molecule has 0 radical (unpaired) electrons. The third-order valence-electron chi connectivity index (χ3n) is 2.47. The molecule has 1 atom stereocenters. The SMILES string of the molecule is CCCCCC(O)Cn1c(=O)[nH]c(=O)[nH]c1=O. The number of aliphatic hydroxyl groups excluding tert-OH is 1. The lowest BCUT2D eigenvalue weighted by atomic mass is 10.1. The molecule has 1 unspecified atom stereocenters. The second-order valence-electron chi connectivity index (χ2n) is 3.95. The first-order valence-electron chi connectivity index (χ1n) is 5.66. The van der Waals surface area contributed by atoms with Crippen molar-refractivity contribution in [3.05, 3.63) is 31.5 Å². The molecule has 17 heavy (non-hydrogen) atoms. The maximum absolute atomic E-state index is 11.3. The van der Waals surface area contributed by atoms with E-state index in [1.165, 1.54) is 0 Å². The minimum Gasteiger partial charge on any atom is -0.391 e. The number of unbranched alkanes of at least 4 members (excludes halogenated alkanes) is 2. The second kappa shape index (κ2) is 6.19. The van der Waals surface area contributed by atoms with E-state index in [9.17, 15) is 19.5 Å². The Morgan fingerprint density at radius 3 is 2.29 bits per heavy atom. The lowest BCUT2D eigenvalue weighted by Gasteiger charge is -2.10. The van der Waals surface area contributed by atoms with Crippen molar-refractivity contribution >= 4 is 0 Å². The normalized spacial score (nSPS) is 12.6. The molecule has 0 spiro atoms. The van der Waals surface area contributed by atoms with Crippen molar-refractivity contribution in [2.24, 2.45) is 0 Å². The molecule has 0 saturated carbocycles. The summed E-state index contributed by atoms with van der Waals surface area (Å²) in [4.78, 5) is 37.3. The highest BCUT2D eigenvalue weighted by molar-refractivity contribution is 4.71. The van der Waals surface area contributed by atoms with E-state index >= 15 is 0 Å². The summed E-state index contributed by atoms with van der Waals surface area (Å²) in [6, 6.07) is 0. The summed E-state index contributed by atoms with van der Waals surface area (Å²) in [7, 11) is 0. The van der Waals surface area contributed by atoms with Gasteiger partial charge in [0.05, 0.1) is 12.6 Å². The minimum atomic E-state index is -0.836. The highest BCUT2D eigenvalue weighted by Gasteiger charge is 2.09. The van der Waals surface area contributed by atoms with Crippen LogP contribution in [0.4, 0.5) is 0 Å². The van der Waals surface area contributed by atoms with Gasteiger partial charge in [-0.1, -0.05) is 26.2 Å². The molecule has 0 aliphatic rings. The van der Waals surface area contributed by atoms with Crippen molar-refractivity contribution in [3.63, 3.8) is 0 Å². The predicted octanol–water partition coefficient (Wildman–Crippen LogP) is -0.834. The fourth-order valence-electron chi connectivity index (χ4n) is 1.55. The molecular formula is C10H17N3O4. The fourth-order valence-corrected chi connectivity index (χ4v) is 1.55. The molecule has 0 aliphatic carbocycles. The first kappa shape index (κ1) is 13.4. The summed E-state index contributed by atoms with van der Waals surface area (Å²) in [5.41, 5.74) is -2.43. The maximum Gasteiger partial charge on any atom is 0.333 e. The lowest BCUT2D eigenvalue weighted by molar-refractivity contribution is 0.137. The van der Waals surface area contributed by atoms with Crippen molar-refractivity contribution in [2.45, 2.75) is 45.3 Å². The van der Waals surface area contributed by atoms with E-state index in [1.807, 2.05) is 16.9 Å². The standard InChI is InChI=1S/C10H17N3O4/c1-2-3-4-5-7(14)6-13-9(16)11-8(15)12-10(13)17/h7,14H,2-6H2,1H3,(H2,11,12,15,16,17). The molecule has 0 saturated heterocycles. The van der Waals surface area contributed by atoms with Gasteiger partial charge in [-0.2, -0.15) is 0 Å². The van der Waals surface area contributed by atoms with E-state index in [-0.39, 0.29) is 6.54 Å². The van der Waals surface area contributed by atoms with Crippen LogP contribution in [0.25, 0.3) is 0 Å². The third kappa shape index (κ3) is 4.03. The van der Waals surface area contributed by atoms with Crippen LogP contribution in [0.2, 0.25) is 0 Å². The number of nitrogens with zero attached hydrogens (tertiary/aromatic N) is 1. The van der Waals surface area contributed by atoms with E-state index in [1.54, 1.807) is 0 Å². The molecule has 96 valence electrons. The Morgan fingerprint density at radius 1 is 1.18 bits per heavy atom. The van der Waals surface area contributed by atoms with Crippen molar-refractivity contribution in [2.75, 3.05) is 0 Å². The van der Waals surface area contributed by atoms with Gasteiger partial charge in [0, 0.05) is 0 Å². The molecule has 0 bridgehead atoms. The van der Waals surface area contributed by atoms with Crippen LogP contribution in [0.3, 0.4) is 0 Å². The molecule has 1 heterocycles. The number of nitrogens with one attached hydrogen (secondary N) is 2. The molecule has 1 rings (SSSR count). The Balaban J connectivity index is 2.72. The third-order valence-corrected chi connectivity index (χ3v) is 2.47. The van der Waals surface area contributed by atoms with Crippen LogP contribution >= 0.6 is 0 Å². The summed E-state index contributed by atoms with van der Waals surface area (Å²) in [6.07, 6.45) is 2.64. The molecule has 0 aromatic carbocycles. The topological polar surface area (TPSA) is 108 Å². The van der Waals surface area contributed by atoms with Crippen LogP contribution in [-0.2, 0) is 6.54 Å². The summed E-state index contributed by atoms with van der Waals surface area (Å²) in [5, 5.41) is 9.64. The minimum absolute atomic E-state index is 0.103. The number of aromatic nitrogens is 3.